The van der Waals surface area contributed by atoms with Gasteiger partial charge in [0, 0.05) is 17.5 Å². The molecule has 26 heavy (non-hydrogen) atoms. The van der Waals surface area contributed by atoms with Crippen LogP contribution in [0, 0.1) is 20.8 Å². The smallest absolute Gasteiger partial charge is 0.0391 e. The second-order valence-corrected chi connectivity index (χ2v) is 7.63. The SMILES string of the molecule is Cc1cccc([C@@H](C)c2cc(C)cc([C@H](C)c3cccc(C)c3)c2N)c1. The maximum absolute atomic E-state index is 6.70. The van der Waals surface area contributed by atoms with Crippen molar-refractivity contribution in [2.45, 2.75) is 46.5 Å². The molecule has 1 heteroatoms. The van der Waals surface area contributed by atoms with Gasteiger partial charge < -0.3 is 5.73 Å². The van der Waals surface area contributed by atoms with Gasteiger partial charge in [-0.2, -0.15) is 0 Å². The highest BCUT2D eigenvalue weighted by Gasteiger charge is 2.19. The Morgan fingerprint density at radius 2 is 1.04 bits per heavy atom. The van der Waals surface area contributed by atoms with E-state index in [4.69, 9.17) is 5.73 Å². The average Bonchev–Trinajstić information content (AvgIpc) is 2.62. The van der Waals surface area contributed by atoms with Crippen LogP contribution in [0.3, 0.4) is 0 Å². The van der Waals surface area contributed by atoms with Crippen LogP contribution in [0.1, 0.15) is 64.6 Å². The Labute approximate surface area is 157 Å². The minimum Gasteiger partial charge on any atom is -0.398 e. The Morgan fingerprint density at radius 3 is 1.42 bits per heavy atom. The van der Waals surface area contributed by atoms with Crippen molar-refractivity contribution in [3.05, 3.63) is 99.6 Å². The Morgan fingerprint density at radius 1 is 0.615 bits per heavy atom. The van der Waals surface area contributed by atoms with Gasteiger partial charge in [-0.15, -0.1) is 0 Å². The zero-order valence-corrected chi connectivity index (χ0v) is 16.5. The molecule has 0 fully saturated rings. The number of anilines is 1. The molecular formula is C25H29N. The third-order valence-electron chi connectivity index (χ3n) is 5.41. The Bertz CT molecular complexity index is 850. The Kier molecular flexibility index (Phi) is 5.18. The molecule has 0 aromatic heterocycles. The lowest BCUT2D eigenvalue weighted by atomic mass is 9.84. The molecule has 2 N–H and O–H groups in total. The van der Waals surface area contributed by atoms with Gasteiger partial charge in [0.05, 0.1) is 0 Å². The topological polar surface area (TPSA) is 26.0 Å². The maximum Gasteiger partial charge on any atom is 0.0391 e. The third kappa shape index (κ3) is 3.67. The van der Waals surface area contributed by atoms with Crippen molar-refractivity contribution in [2.75, 3.05) is 5.73 Å². The molecule has 3 aromatic rings. The fourth-order valence-electron chi connectivity index (χ4n) is 3.81. The largest absolute Gasteiger partial charge is 0.398 e. The molecule has 134 valence electrons. The summed E-state index contributed by atoms with van der Waals surface area (Å²) >= 11 is 0. The van der Waals surface area contributed by atoms with Crippen molar-refractivity contribution in [1.82, 2.24) is 0 Å². The first-order valence-corrected chi connectivity index (χ1v) is 9.40. The molecule has 0 spiro atoms. The summed E-state index contributed by atoms with van der Waals surface area (Å²) in [5.41, 5.74) is 16.6. The molecule has 0 saturated heterocycles. The van der Waals surface area contributed by atoms with Crippen LogP contribution in [0.2, 0.25) is 0 Å². The van der Waals surface area contributed by atoms with Gasteiger partial charge in [0.15, 0.2) is 0 Å². The monoisotopic (exact) mass is 343 g/mol. The molecule has 0 heterocycles. The van der Waals surface area contributed by atoms with E-state index in [0.29, 0.717) is 0 Å². The van der Waals surface area contributed by atoms with Gasteiger partial charge in [-0.1, -0.05) is 91.2 Å². The fraction of sp³-hybridized carbons (Fsp3) is 0.280. The van der Waals surface area contributed by atoms with E-state index in [-0.39, 0.29) is 11.8 Å². The molecule has 0 aliphatic heterocycles. The quantitative estimate of drug-likeness (QED) is 0.538. The van der Waals surface area contributed by atoms with E-state index in [2.05, 4.69) is 95.3 Å². The summed E-state index contributed by atoms with van der Waals surface area (Å²) in [6.45, 7) is 10.9. The molecule has 2 atom stereocenters. The van der Waals surface area contributed by atoms with Crippen LogP contribution in [0.25, 0.3) is 0 Å². The van der Waals surface area contributed by atoms with Crippen molar-refractivity contribution < 1.29 is 0 Å². The second-order valence-electron chi connectivity index (χ2n) is 7.63. The van der Waals surface area contributed by atoms with Crippen molar-refractivity contribution in [3.8, 4) is 0 Å². The average molecular weight is 344 g/mol. The van der Waals surface area contributed by atoms with Gasteiger partial charge >= 0.3 is 0 Å². The van der Waals surface area contributed by atoms with Crippen molar-refractivity contribution in [2.24, 2.45) is 0 Å². The fourth-order valence-corrected chi connectivity index (χ4v) is 3.81. The van der Waals surface area contributed by atoms with E-state index in [1.54, 1.807) is 0 Å². The lowest BCUT2D eigenvalue weighted by molar-refractivity contribution is 0.887. The third-order valence-corrected chi connectivity index (χ3v) is 5.41. The molecule has 0 aliphatic rings. The Hall–Kier alpha value is -2.54. The van der Waals surface area contributed by atoms with Crippen molar-refractivity contribution in [1.29, 1.82) is 0 Å². The van der Waals surface area contributed by atoms with Crippen LogP contribution in [0.5, 0.6) is 0 Å². The van der Waals surface area contributed by atoms with Crippen LogP contribution >= 0.6 is 0 Å². The van der Waals surface area contributed by atoms with E-state index >= 15 is 0 Å². The Balaban J connectivity index is 2.06. The van der Waals surface area contributed by atoms with Crippen LogP contribution in [0.15, 0.2) is 60.7 Å². The van der Waals surface area contributed by atoms with E-state index in [1.807, 2.05) is 0 Å². The molecule has 3 aromatic carbocycles. The summed E-state index contributed by atoms with van der Waals surface area (Å²) in [6.07, 6.45) is 0. The van der Waals surface area contributed by atoms with Gasteiger partial charge in [-0.05, 0) is 43.0 Å². The second kappa shape index (κ2) is 7.37. The minimum atomic E-state index is 0.276. The standard InChI is InChI=1S/C25H29N/c1-16-8-6-10-21(12-16)19(4)23-14-18(3)15-24(25(23)26)20(5)22-11-7-9-17(2)13-22/h6-15,19-20H,26H2,1-5H3/t19-,20-/m1/s1. The van der Waals surface area contributed by atoms with E-state index in [0.717, 1.165) is 5.69 Å². The molecule has 0 saturated carbocycles. The highest BCUT2D eigenvalue weighted by Crippen LogP contribution is 2.37. The summed E-state index contributed by atoms with van der Waals surface area (Å²) in [5, 5.41) is 0. The highest BCUT2D eigenvalue weighted by atomic mass is 14.6. The highest BCUT2D eigenvalue weighted by molar-refractivity contribution is 5.61. The number of hydrogen-bond acceptors (Lipinski definition) is 1. The number of aryl methyl sites for hydroxylation is 3. The lowest BCUT2D eigenvalue weighted by Crippen LogP contribution is -2.08. The van der Waals surface area contributed by atoms with Gasteiger partial charge in [-0.25, -0.2) is 0 Å². The zero-order chi connectivity index (χ0) is 18.8. The molecule has 0 bridgehead atoms. The van der Waals surface area contributed by atoms with Gasteiger partial charge in [0.25, 0.3) is 0 Å². The number of nitrogens with two attached hydrogens (primary N) is 1. The van der Waals surface area contributed by atoms with E-state index in [1.165, 1.54) is 38.9 Å². The first-order chi connectivity index (χ1) is 12.4. The minimum absolute atomic E-state index is 0.276. The number of rotatable bonds is 4. The van der Waals surface area contributed by atoms with Gasteiger partial charge in [0.2, 0.25) is 0 Å². The van der Waals surface area contributed by atoms with Crippen LogP contribution in [-0.2, 0) is 0 Å². The summed E-state index contributed by atoms with van der Waals surface area (Å²) in [5.74, 6) is 0.552. The molecule has 0 radical (unpaired) electrons. The molecular weight excluding hydrogens is 314 g/mol. The van der Waals surface area contributed by atoms with Gasteiger partial charge in [-0.3, -0.25) is 0 Å². The van der Waals surface area contributed by atoms with E-state index < -0.39 is 0 Å². The van der Waals surface area contributed by atoms with Crippen LogP contribution in [-0.4, -0.2) is 0 Å². The van der Waals surface area contributed by atoms with Crippen molar-refractivity contribution in [3.63, 3.8) is 0 Å². The summed E-state index contributed by atoms with van der Waals surface area (Å²) in [7, 11) is 0. The molecule has 0 aliphatic carbocycles. The van der Waals surface area contributed by atoms with E-state index in [9.17, 15) is 0 Å². The molecule has 0 amide bonds. The number of nitrogen functional groups attached to an aromatic ring is 1. The zero-order valence-electron chi connectivity index (χ0n) is 16.5. The van der Waals surface area contributed by atoms with Gasteiger partial charge in [0.1, 0.15) is 0 Å². The first kappa shape index (κ1) is 18.3. The molecule has 3 rings (SSSR count). The van der Waals surface area contributed by atoms with Crippen LogP contribution < -0.4 is 5.73 Å². The lowest BCUT2D eigenvalue weighted by Gasteiger charge is -2.22. The summed E-state index contributed by atoms with van der Waals surface area (Å²) in [4.78, 5) is 0. The summed E-state index contributed by atoms with van der Waals surface area (Å²) < 4.78 is 0. The van der Waals surface area contributed by atoms with Crippen LogP contribution in [0.4, 0.5) is 5.69 Å². The maximum atomic E-state index is 6.70. The predicted octanol–water partition coefficient (Wildman–Crippen LogP) is 6.50. The normalized spacial score (nSPS) is 13.4. The number of benzene rings is 3. The van der Waals surface area contributed by atoms with Crippen molar-refractivity contribution >= 4 is 5.69 Å². The molecule has 0 unspecified atom stereocenters. The summed E-state index contributed by atoms with van der Waals surface area (Å²) in [6, 6.07) is 21.9. The first-order valence-electron chi connectivity index (χ1n) is 9.40. The molecule has 1 nitrogen and oxygen atoms in total. The number of hydrogen-bond donors (Lipinski definition) is 1. The predicted molar refractivity (Wildman–Crippen MR) is 113 cm³/mol.